The van der Waals surface area contributed by atoms with Gasteiger partial charge in [-0.1, -0.05) is 6.07 Å². The van der Waals surface area contributed by atoms with Crippen LogP contribution in [0.15, 0.2) is 29.8 Å². The van der Waals surface area contributed by atoms with E-state index < -0.39 is 0 Å². The van der Waals surface area contributed by atoms with E-state index in [1.807, 2.05) is 27.1 Å². The third kappa shape index (κ3) is 3.31. The highest BCUT2D eigenvalue weighted by molar-refractivity contribution is 7.09. The van der Waals surface area contributed by atoms with Crippen molar-refractivity contribution in [2.45, 2.75) is 25.4 Å². The van der Waals surface area contributed by atoms with Crippen molar-refractivity contribution in [1.82, 2.24) is 14.7 Å². The van der Waals surface area contributed by atoms with Crippen LogP contribution in [0.2, 0.25) is 0 Å². The van der Waals surface area contributed by atoms with Gasteiger partial charge in [0, 0.05) is 24.6 Å². The summed E-state index contributed by atoms with van der Waals surface area (Å²) in [4.78, 5) is 15.5. The number of carbonyl (C=O) groups excluding carboxylic acids is 1. The molecule has 1 saturated heterocycles. The summed E-state index contributed by atoms with van der Waals surface area (Å²) in [7, 11) is 1.67. The van der Waals surface area contributed by atoms with Crippen molar-refractivity contribution in [1.29, 1.82) is 0 Å². The maximum atomic E-state index is 12.5. The molecule has 1 atom stereocenters. The summed E-state index contributed by atoms with van der Waals surface area (Å²) in [5, 5.41) is 9.30. The van der Waals surface area contributed by atoms with E-state index in [2.05, 4.69) is 16.5 Å². The summed E-state index contributed by atoms with van der Waals surface area (Å²) in [5.74, 6) is 0.724. The zero-order chi connectivity index (χ0) is 15.4. The Morgan fingerprint density at radius 2 is 2.45 bits per heavy atom. The summed E-state index contributed by atoms with van der Waals surface area (Å²) < 4.78 is 7.01. The largest absolute Gasteiger partial charge is 0.383 e. The van der Waals surface area contributed by atoms with Crippen LogP contribution in [0.3, 0.4) is 0 Å². The minimum absolute atomic E-state index is 0.0764. The number of ether oxygens (including phenoxy) is 1. The van der Waals surface area contributed by atoms with E-state index >= 15 is 0 Å². The number of amides is 2. The van der Waals surface area contributed by atoms with Crippen molar-refractivity contribution in [2.24, 2.45) is 0 Å². The van der Waals surface area contributed by atoms with E-state index in [4.69, 9.17) is 4.74 Å². The van der Waals surface area contributed by atoms with Crippen molar-refractivity contribution < 1.29 is 9.53 Å². The van der Waals surface area contributed by atoms with Gasteiger partial charge in [-0.15, -0.1) is 11.3 Å². The number of hydrogen-bond donors (Lipinski definition) is 1. The monoisotopic (exact) mass is 320 g/mol. The lowest BCUT2D eigenvalue weighted by molar-refractivity contribution is 0.128. The molecule has 0 saturated carbocycles. The second-order valence-electron chi connectivity index (χ2n) is 5.33. The molecule has 0 unspecified atom stereocenters. The second-order valence-corrected chi connectivity index (χ2v) is 6.36. The van der Waals surface area contributed by atoms with E-state index in [-0.39, 0.29) is 12.1 Å². The fourth-order valence-corrected chi connectivity index (χ4v) is 3.45. The number of carbonyl (C=O) groups is 1. The van der Waals surface area contributed by atoms with Crippen LogP contribution < -0.4 is 5.32 Å². The van der Waals surface area contributed by atoms with Crippen LogP contribution in [-0.2, 0) is 11.3 Å². The number of thiophene rings is 1. The van der Waals surface area contributed by atoms with Crippen LogP contribution in [-0.4, -0.2) is 47.0 Å². The fourth-order valence-electron chi connectivity index (χ4n) is 2.77. The van der Waals surface area contributed by atoms with Crippen LogP contribution in [0.1, 0.15) is 17.7 Å². The number of rotatable bonds is 5. The fraction of sp³-hybridized carbons (Fsp3) is 0.467. The maximum Gasteiger partial charge on any atom is 0.323 e. The van der Waals surface area contributed by atoms with E-state index in [1.54, 1.807) is 24.6 Å². The van der Waals surface area contributed by atoms with Gasteiger partial charge >= 0.3 is 6.03 Å². The summed E-state index contributed by atoms with van der Waals surface area (Å²) in [6, 6.07) is 5.99. The van der Waals surface area contributed by atoms with Gasteiger partial charge in [0.1, 0.15) is 5.82 Å². The highest BCUT2D eigenvalue weighted by Gasteiger charge is 2.29. The van der Waals surface area contributed by atoms with E-state index in [0.29, 0.717) is 13.2 Å². The van der Waals surface area contributed by atoms with Crippen LogP contribution in [0.5, 0.6) is 0 Å². The molecule has 0 aliphatic carbocycles. The topological polar surface area (TPSA) is 59.4 Å². The molecular formula is C15H20N4O2S. The molecule has 0 aromatic carbocycles. The van der Waals surface area contributed by atoms with E-state index in [0.717, 1.165) is 25.2 Å². The number of aromatic nitrogens is 2. The summed E-state index contributed by atoms with van der Waals surface area (Å²) in [5.41, 5.74) is 0. The van der Waals surface area contributed by atoms with Gasteiger partial charge in [-0.2, -0.15) is 5.10 Å². The van der Waals surface area contributed by atoms with Crippen molar-refractivity contribution in [3.63, 3.8) is 0 Å². The maximum absolute atomic E-state index is 12.5. The van der Waals surface area contributed by atoms with Gasteiger partial charge in [-0.25, -0.2) is 9.48 Å². The second kappa shape index (κ2) is 6.93. The molecule has 0 radical (unpaired) electrons. The molecule has 2 aromatic rings. The van der Waals surface area contributed by atoms with Crippen LogP contribution in [0.4, 0.5) is 10.6 Å². The third-order valence-electron chi connectivity index (χ3n) is 3.83. The molecule has 2 aromatic heterocycles. The summed E-state index contributed by atoms with van der Waals surface area (Å²) in [6.07, 6.45) is 3.73. The van der Waals surface area contributed by atoms with Gasteiger partial charge in [0.25, 0.3) is 0 Å². The van der Waals surface area contributed by atoms with Crippen LogP contribution in [0, 0.1) is 0 Å². The van der Waals surface area contributed by atoms with Crippen molar-refractivity contribution in [3.8, 4) is 0 Å². The predicted molar refractivity (Wildman–Crippen MR) is 86.3 cm³/mol. The first kappa shape index (κ1) is 15.1. The van der Waals surface area contributed by atoms with Crippen molar-refractivity contribution >= 4 is 23.2 Å². The Labute approximate surface area is 133 Å². The minimum atomic E-state index is -0.0764. The molecule has 2 amide bonds. The first-order valence-corrected chi connectivity index (χ1v) is 8.26. The van der Waals surface area contributed by atoms with Gasteiger partial charge in [0.2, 0.25) is 0 Å². The molecule has 6 nitrogen and oxygen atoms in total. The lowest BCUT2D eigenvalue weighted by Gasteiger charge is -2.24. The van der Waals surface area contributed by atoms with Crippen LogP contribution in [0.25, 0.3) is 0 Å². The molecule has 1 N–H and O–H groups in total. The Kier molecular flexibility index (Phi) is 4.74. The van der Waals surface area contributed by atoms with Crippen molar-refractivity contribution in [3.05, 3.63) is 34.7 Å². The van der Waals surface area contributed by atoms with E-state index in [1.165, 1.54) is 4.88 Å². The normalized spacial score (nSPS) is 17.9. The predicted octanol–water partition coefficient (Wildman–Crippen LogP) is 2.64. The van der Waals surface area contributed by atoms with E-state index in [9.17, 15) is 4.79 Å². The number of nitrogens with one attached hydrogen (secondary N) is 1. The highest BCUT2D eigenvalue weighted by Crippen LogP contribution is 2.20. The molecule has 0 spiro atoms. The van der Waals surface area contributed by atoms with Gasteiger partial charge in [0.05, 0.1) is 25.4 Å². The SMILES string of the molecule is COC[C@@H]1CCCN1C(=O)Nc1ccnn1Cc1cccs1. The molecule has 118 valence electrons. The number of nitrogens with zero attached hydrogens (tertiary/aromatic N) is 3. The quantitative estimate of drug-likeness (QED) is 0.921. The molecule has 1 fully saturated rings. The molecule has 3 heterocycles. The Morgan fingerprint density at radius 1 is 1.55 bits per heavy atom. The third-order valence-corrected chi connectivity index (χ3v) is 4.70. The summed E-state index contributed by atoms with van der Waals surface area (Å²) >= 11 is 1.68. The average molecular weight is 320 g/mol. The number of likely N-dealkylation sites (tertiary alicyclic amines) is 1. The minimum Gasteiger partial charge on any atom is -0.383 e. The van der Waals surface area contributed by atoms with Gasteiger partial charge < -0.3 is 9.64 Å². The zero-order valence-electron chi connectivity index (χ0n) is 12.6. The number of hydrogen-bond acceptors (Lipinski definition) is 4. The lowest BCUT2D eigenvalue weighted by Crippen LogP contribution is -2.41. The molecule has 1 aliphatic heterocycles. The smallest absolute Gasteiger partial charge is 0.323 e. The molecule has 1 aliphatic rings. The Balaban J connectivity index is 1.65. The van der Waals surface area contributed by atoms with Gasteiger partial charge in [-0.05, 0) is 24.3 Å². The molecule has 7 heteroatoms. The number of anilines is 1. The molecule has 0 bridgehead atoms. The van der Waals surface area contributed by atoms with Gasteiger partial charge in [-0.3, -0.25) is 5.32 Å². The average Bonchev–Trinajstić information content (AvgIpc) is 3.22. The molecule has 22 heavy (non-hydrogen) atoms. The molecular weight excluding hydrogens is 300 g/mol. The zero-order valence-corrected chi connectivity index (χ0v) is 13.4. The standard InChI is InChI=1S/C15H20N4O2S/c1-21-11-12-4-2-8-18(12)15(20)17-14-6-7-16-19(14)10-13-5-3-9-22-13/h3,5-7,9,12H,2,4,8,10-11H2,1H3,(H,17,20)/t12-/m0/s1. The van der Waals surface area contributed by atoms with Gasteiger partial charge in [0.15, 0.2) is 0 Å². The molecule has 3 rings (SSSR count). The number of urea groups is 1. The summed E-state index contributed by atoms with van der Waals surface area (Å²) in [6.45, 7) is 2.03. The Morgan fingerprint density at radius 3 is 3.23 bits per heavy atom. The van der Waals surface area contributed by atoms with Crippen molar-refractivity contribution in [2.75, 3.05) is 25.6 Å². The first-order chi connectivity index (χ1) is 10.8. The first-order valence-electron chi connectivity index (χ1n) is 7.38. The highest BCUT2D eigenvalue weighted by atomic mass is 32.1. The van der Waals surface area contributed by atoms with Crippen LogP contribution >= 0.6 is 11.3 Å². The Hall–Kier alpha value is -1.86. The number of methoxy groups -OCH3 is 1. The Bertz CT molecular complexity index is 611. The lowest BCUT2D eigenvalue weighted by atomic mass is 10.2.